The van der Waals surface area contributed by atoms with E-state index in [9.17, 15) is 13.2 Å². The number of ether oxygens (including phenoxy) is 1. The highest BCUT2D eigenvalue weighted by molar-refractivity contribution is 8.16. The highest BCUT2D eigenvalue weighted by Crippen LogP contribution is 2.41. The number of benzene rings is 2. The van der Waals surface area contributed by atoms with Crippen LogP contribution in [-0.4, -0.2) is 48.9 Å². The van der Waals surface area contributed by atoms with Crippen molar-refractivity contribution in [2.75, 3.05) is 23.0 Å². The Labute approximate surface area is 185 Å². The molecule has 2 fully saturated rings. The average molecular weight is 465 g/mol. The topological polar surface area (TPSA) is 76.0 Å². The molecule has 0 unspecified atom stereocenters. The zero-order chi connectivity index (χ0) is 21.3. The van der Waals surface area contributed by atoms with E-state index in [-0.39, 0.29) is 35.1 Å². The van der Waals surface area contributed by atoms with Crippen LogP contribution in [0.25, 0.3) is 0 Å². The largest absolute Gasteiger partial charge is 0.494 e. The number of amides is 1. The van der Waals surface area contributed by atoms with Gasteiger partial charge in [0.1, 0.15) is 5.75 Å². The Balaban J connectivity index is 1.63. The van der Waals surface area contributed by atoms with Gasteiger partial charge in [-0.25, -0.2) is 8.42 Å². The van der Waals surface area contributed by atoms with Gasteiger partial charge in [0, 0.05) is 16.0 Å². The summed E-state index contributed by atoms with van der Waals surface area (Å²) in [7, 11) is -3.11. The summed E-state index contributed by atoms with van der Waals surface area (Å²) in [4.78, 5) is 18.9. The standard InChI is InChI=1S/C21H21ClN2O4S2/c1-2-28-16-9-7-15(8-10-16)24-18-12-30(26,27)13-19(18)29-21(24)23-20(25)11-14-5-3-4-6-17(14)22/h3-10,18-19H,2,11-13H2,1H3/t18-,19-/m0/s1. The fourth-order valence-electron chi connectivity index (χ4n) is 3.69. The van der Waals surface area contributed by atoms with Crippen LogP contribution in [0.1, 0.15) is 12.5 Å². The molecule has 0 saturated carbocycles. The second-order valence-corrected chi connectivity index (χ2v) is 10.9. The molecular weight excluding hydrogens is 444 g/mol. The molecule has 2 atom stereocenters. The summed E-state index contributed by atoms with van der Waals surface area (Å²) in [6.45, 7) is 2.47. The number of amidine groups is 1. The first-order chi connectivity index (χ1) is 14.4. The number of carbonyl (C=O) groups is 1. The molecule has 2 heterocycles. The second-order valence-electron chi connectivity index (χ2n) is 7.15. The number of hydrogen-bond acceptors (Lipinski definition) is 5. The number of rotatable bonds is 5. The highest BCUT2D eigenvalue weighted by atomic mass is 35.5. The van der Waals surface area contributed by atoms with Crippen molar-refractivity contribution < 1.29 is 17.9 Å². The minimum Gasteiger partial charge on any atom is -0.494 e. The molecule has 2 aliphatic rings. The molecule has 4 rings (SSSR count). The van der Waals surface area contributed by atoms with Crippen LogP contribution in [0.15, 0.2) is 53.5 Å². The average Bonchev–Trinajstić information content (AvgIpc) is 3.15. The van der Waals surface area contributed by atoms with Crippen molar-refractivity contribution in [3.8, 4) is 5.75 Å². The van der Waals surface area contributed by atoms with Crippen molar-refractivity contribution in [2.45, 2.75) is 24.6 Å². The lowest BCUT2D eigenvalue weighted by atomic mass is 10.1. The summed E-state index contributed by atoms with van der Waals surface area (Å²) in [5, 5.41) is 0.908. The molecule has 0 aromatic heterocycles. The zero-order valence-electron chi connectivity index (χ0n) is 16.3. The molecule has 30 heavy (non-hydrogen) atoms. The SMILES string of the molecule is CCOc1ccc(N2C(=NC(=O)Cc3ccccc3Cl)S[C@H]3CS(=O)(=O)C[C@@H]32)cc1. The third-order valence-electron chi connectivity index (χ3n) is 5.01. The Morgan fingerprint density at radius 2 is 1.93 bits per heavy atom. The van der Waals surface area contributed by atoms with Crippen LogP contribution in [0.4, 0.5) is 5.69 Å². The van der Waals surface area contributed by atoms with Gasteiger partial charge in [0.25, 0.3) is 5.91 Å². The first-order valence-corrected chi connectivity index (χ1v) is 12.7. The molecule has 9 heteroatoms. The number of aliphatic imine (C=N–C) groups is 1. The summed E-state index contributed by atoms with van der Waals surface area (Å²) in [6, 6.07) is 14.3. The van der Waals surface area contributed by atoms with Gasteiger partial charge in [-0.15, -0.1) is 0 Å². The molecule has 2 saturated heterocycles. The molecule has 0 radical (unpaired) electrons. The van der Waals surface area contributed by atoms with Crippen LogP contribution in [0, 0.1) is 0 Å². The molecule has 0 N–H and O–H groups in total. The van der Waals surface area contributed by atoms with Gasteiger partial charge in [-0.05, 0) is 42.8 Å². The monoisotopic (exact) mass is 464 g/mol. The van der Waals surface area contributed by atoms with Gasteiger partial charge in [-0.1, -0.05) is 41.6 Å². The maximum absolute atomic E-state index is 12.7. The number of nitrogens with zero attached hydrogens (tertiary/aromatic N) is 2. The molecule has 2 aliphatic heterocycles. The molecular formula is C21H21ClN2O4S2. The van der Waals surface area contributed by atoms with Crippen molar-refractivity contribution in [1.82, 2.24) is 0 Å². The van der Waals surface area contributed by atoms with Gasteiger partial charge in [-0.3, -0.25) is 4.79 Å². The summed E-state index contributed by atoms with van der Waals surface area (Å²) >= 11 is 7.52. The smallest absolute Gasteiger partial charge is 0.252 e. The number of sulfone groups is 1. The van der Waals surface area contributed by atoms with Crippen LogP contribution in [-0.2, 0) is 21.1 Å². The van der Waals surface area contributed by atoms with E-state index in [2.05, 4.69) is 4.99 Å². The van der Waals surface area contributed by atoms with E-state index >= 15 is 0 Å². The maximum atomic E-state index is 12.7. The number of thioether (sulfide) groups is 1. The summed E-state index contributed by atoms with van der Waals surface area (Å²) in [5.41, 5.74) is 1.51. The normalized spacial score (nSPS) is 23.5. The van der Waals surface area contributed by atoms with E-state index in [0.29, 0.717) is 22.4 Å². The number of halogens is 1. The number of fused-ring (bicyclic) bond motifs is 1. The quantitative estimate of drug-likeness (QED) is 0.673. The summed E-state index contributed by atoms with van der Waals surface area (Å²) < 4.78 is 29.9. The van der Waals surface area contributed by atoms with Crippen molar-refractivity contribution in [3.05, 3.63) is 59.1 Å². The van der Waals surface area contributed by atoms with Crippen molar-refractivity contribution >= 4 is 50.0 Å². The van der Waals surface area contributed by atoms with Gasteiger partial charge < -0.3 is 9.64 Å². The van der Waals surface area contributed by atoms with E-state index in [1.165, 1.54) is 11.8 Å². The van der Waals surface area contributed by atoms with E-state index in [1.807, 2.05) is 48.2 Å². The fraction of sp³-hybridized carbons (Fsp3) is 0.333. The lowest BCUT2D eigenvalue weighted by Crippen LogP contribution is -2.37. The molecule has 1 amide bonds. The van der Waals surface area contributed by atoms with E-state index in [4.69, 9.17) is 16.3 Å². The van der Waals surface area contributed by atoms with Crippen LogP contribution in [0.2, 0.25) is 5.02 Å². The number of carbonyl (C=O) groups excluding carboxylic acids is 1. The van der Waals surface area contributed by atoms with Crippen molar-refractivity contribution in [3.63, 3.8) is 0 Å². The number of anilines is 1. The van der Waals surface area contributed by atoms with E-state index < -0.39 is 9.84 Å². The van der Waals surface area contributed by atoms with Gasteiger partial charge in [0.2, 0.25) is 0 Å². The van der Waals surface area contributed by atoms with Crippen LogP contribution >= 0.6 is 23.4 Å². The Morgan fingerprint density at radius 3 is 2.63 bits per heavy atom. The van der Waals surface area contributed by atoms with Crippen molar-refractivity contribution in [1.29, 1.82) is 0 Å². The number of hydrogen-bond donors (Lipinski definition) is 0. The van der Waals surface area contributed by atoms with Gasteiger partial charge in [-0.2, -0.15) is 4.99 Å². The van der Waals surface area contributed by atoms with E-state index in [1.54, 1.807) is 12.1 Å². The predicted octanol–water partition coefficient (Wildman–Crippen LogP) is 3.58. The zero-order valence-corrected chi connectivity index (χ0v) is 18.7. The maximum Gasteiger partial charge on any atom is 0.252 e. The minimum absolute atomic E-state index is 0.0512. The third kappa shape index (κ3) is 4.50. The van der Waals surface area contributed by atoms with Gasteiger partial charge in [0.15, 0.2) is 15.0 Å². The van der Waals surface area contributed by atoms with Crippen LogP contribution < -0.4 is 9.64 Å². The molecule has 0 bridgehead atoms. The first-order valence-electron chi connectivity index (χ1n) is 9.60. The molecule has 2 aromatic rings. The third-order valence-corrected chi connectivity index (χ3v) is 8.59. The Morgan fingerprint density at radius 1 is 1.20 bits per heavy atom. The van der Waals surface area contributed by atoms with Crippen LogP contribution in [0.3, 0.4) is 0 Å². The molecule has 2 aromatic carbocycles. The van der Waals surface area contributed by atoms with Gasteiger partial charge >= 0.3 is 0 Å². The molecule has 158 valence electrons. The minimum atomic E-state index is -3.11. The first kappa shape index (κ1) is 21.2. The summed E-state index contributed by atoms with van der Waals surface area (Å²) in [5.74, 6) is 0.560. The lowest BCUT2D eigenvalue weighted by molar-refractivity contribution is -0.117. The lowest BCUT2D eigenvalue weighted by Gasteiger charge is -2.24. The van der Waals surface area contributed by atoms with Gasteiger partial charge in [0.05, 0.1) is 30.6 Å². The van der Waals surface area contributed by atoms with Crippen LogP contribution in [0.5, 0.6) is 5.75 Å². The Kier molecular flexibility index (Phi) is 6.09. The Hall–Kier alpha value is -2.03. The molecule has 6 nitrogen and oxygen atoms in total. The fourth-order valence-corrected chi connectivity index (χ4v) is 7.82. The molecule has 0 aliphatic carbocycles. The second kappa shape index (κ2) is 8.61. The Bertz CT molecular complexity index is 1090. The van der Waals surface area contributed by atoms with Crippen molar-refractivity contribution in [2.24, 2.45) is 4.99 Å². The summed E-state index contributed by atoms with van der Waals surface area (Å²) in [6.07, 6.45) is 0.0917. The highest BCUT2D eigenvalue weighted by Gasteiger charge is 2.49. The predicted molar refractivity (Wildman–Crippen MR) is 122 cm³/mol. The molecule has 0 spiro atoms. The van der Waals surface area contributed by atoms with E-state index in [0.717, 1.165) is 11.4 Å².